The van der Waals surface area contributed by atoms with Crippen LogP contribution in [0.15, 0.2) is 39.6 Å². The summed E-state index contributed by atoms with van der Waals surface area (Å²) < 4.78 is 6.73. The van der Waals surface area contributed by atoms with E-state index in [1.807, 2.05) is 41.9 Å². The van der Waals surface area contributed by atoms with Gasteiger partial charge in [0, 0.05) is 13.3 Å². The number of aromatic amines is 1. The molecule has 1 aromatic heterocycles. The number of aromatic nitrogens is 2. The molecule has 0 aliphatic rings. The molecule has 0 radical (unpaired) electrons. The summed E-state index contributed by atoms with van der Waals surface area (Å²) in [6, 6.07) is 10.3. The molecular formula is C14H20N3O2+. The van der Waals surface area contributed by atoms with E-state index >= 15 is 0 Å². The second-order valence-corrected chi connectivity index (χ2v) is 5.07. The average molecular weight is 262 g/mol. The predicted octanol–water partition coefficient (Wildman–Crippen LogP) is 1.12. The summed E-state index contributed by atoms with van der Waals surface area (Å²) in [6.07, 6.45) is 0.849. The Kier molecular flexibility index (Phi) is 4.16. The summed E-state index contributed by atoms with van der Waals surface area (Å²) in [6.45, 7) is 2.63. The van der Waals surface area contributed by atoms with Gasteiger partial charge < -0.3 is 0 Å². The first-order valence-corrected chi connectivity index (χ1v) is 6.38. The molecular weight excluding hydrogens is 242 g/mol. The van der Waals surface area contributed by atoms with Crippen LogP contribution in [-0.2, 0) is 13.0 Å². The molecule has 1 atom stereocenters. The van der Waals surface area contributed by atoms with E-state index in [9.17, 15) is 4.79 Å². The Hall–Kier alpha value is -1.88. The Labute approximate surface area is 112 Å². The topological polar surface area (TPSA) is 53.1 Å². The molecule has 1 N–H and O–H groups in total. The Bertz CT molecular complexity index is 572. The van der Waals surface area contributed by atoms with Crippen LogP contribution >= 0.6 is 0 Å². The number of benzene rings is 1. The van der Waals surface area contributed by atoms with E-state index in [1.165, 1.54) is 5.56 Å². The average Bonchev–Trinajstić information content (AvgIpc) is 2.72. The third kappa shape index (κ3) is 3.32. The summed E-state index contributed by atoms with van der Waals surface area (Å²) in [5.41, 5.74) is 1.59. The molecule has 0 aliphatic heterocycles. The monoisotopic (exact) mass is 262 g/mol. The largest absolute Gasteiger partial charge is 0.431 e. The first-order chi connectivity index (χ1) is 9.08. The maximum atomic E-state index is 11.7. The van der Waals surface area contributed by atoms with E-state index in [1.54, 1.807) is 0 Å². The van der Waals surface area contributed by atoms with E-state index in [0.717, 1.165) is 6.42 Å². The minimum atomic E-state index is -0.298. The van der Waals surface area contributed by atoms with Crippen LogP contribution in [0.3, 0.4) is 0 Å². The van der Waals surface area contributed by atoms with Gasteiger partial charge in [0.05, 0.1) is 6.54 Å². The van der Waals surface area contributed by atoms with Crippen molar-refractivity contribution in [3.05, 3.63) is 52.0 Å². The van der Waals surface area contributed by atoms with Crippen LogP contribution in [0.1, 0.15) is 24.2 Å². The number of H-pyrrole nitrogens is 1. The maximum absolute atomic E-state index is 11.7. The minimum absolute atomic E-state index is 0.142. The third-order valence-corrected chi connectivity index (χ3v) is 3.04. The van der Waals surface area contributed by atoms with E-state index in [-0.39, 0.29) is 11.7 Å². The number of rotatable bonds is 5. The highest BCUT2D eigenvalue weighted by atomic mass is 16.5. The van der Waals surface area contributed by atoms with Crippen LogP contribution in [0, 0.1) is 0 Å². The lowest BCUT2D eigenvalue weighted by molar-refractivity contribution is -0.788. The van der Waals surface area contributed by atoms with Crippen molar-refractivity contribution in [1.82, 2.24) is 10.2 Å². The zero-order chi connectivity index (χ0) is 13.8. The van der Waals surface area contributed by atoms with E-state index < -0.39 is 0 Å². The van der Waals surface area contributed by atoms with Crippen LogP contribution in [0.2, 0.25) is 0 Å². The molecule has 5 heteroatoms. The molecule has 0 saturated carbocycles. The van der Waals surface area contributed by atoms with Crippen LogP contribution in [0.25, 0.3) is 0 Å². The van der Waals surface area contributed by atoms with Gasteiger partial charge in [-0.3, -0.25) is 9.42 Å². The Morgan fingerprint density at radius 3 is 2.63 bits per heavy atom. The highest BCUT2D eigenvalue weighted by molar-refractivity contribution is 5.14. The van der Waals surface area contributed by atoms with Crippen LogP contribution in [-0.4, -0.2) is 24.3 Å². The van der Waals surface area contributed by atoms with Gasteiger partial charge in [-0.2, -0.15) is 0 Å². The normalized spacial score (nSPS) is 12.8. The lowest BCUT2D eigenvalue weighted by Crippen LogP contribution is -2.46. The number of nitrogens with one attached hydrogen (secondary N) is 1. The summed E-state index contributed by atoms with van der Waals surface area (Å²) in [5, 5.41) is 2.70. The zero-order valence-corrected chi connectivity index (χ0v) is 11.6. The molecule has 2 aromatic rings. The standard InChI is InChI=1S/C14H19N3O2/c1-11(9-12-7-5-4-6-8-12)17-13(10-16(2)3)14(18)19-15-17/h4-8,11H,9-10H2,1-3H3/p+1. The molecule has 102 valence electrons. The molecule has 5 nitrogen and oxygen atoms in total. The zero-order valence-electron chi connectivity index (χ0n) is 11.6. The quantitative estimate of drug-likeness (QED) is 0.822. The fourth-order valence-electron chi connectivity index (χ4n) is 2.15. The van der Waals surface area contributed by atoms with Crippen molar-refractivity contribution in [2.24, 2.45) is 0 Å². The van der Waals surface area contributed by atoms with Crippen LogP contribution in [0.4, 0.5) is 0 Å². The molecule has 0 fully saturated rings. The van der Waals surface area contributed by atoms with Gasteiger partial charge >= 0.3 is 11.3 Å². The lowest BCUT2D eigenvalue weighted by Gasteiger charge is -2.08. The predicted molar refractivity (Wildman–Crippen MR) is 71.8 cm³/mol. The fraction of sp³-hybridized carbons (Fsp3) is 0.429. The van der Waals surface area contributed by atoms with E-state index in [4.69, 9.17) is 4.52 Å². The van der Waals surface area contributed by atoms with Crippen LogP contribution in [0.5, 0.6) is 0 Å². The lowest BCUT2D eigenvalue weighted by atomic mass is 10.1. The fourth-order valence-corrected chi connectivity index (χ4v) is 2.15. The molecule has 1 heterocycles. The van der Waals surface area contributed by atoms with Crippen molar-refractivity contribution in [2.75, 3.05) is 14.1 Å². The molecule has 19 heavy (non-hydrogen) atoms. The van der Waals surface area contributed by atoms with Gasteiger partial charge in [0.1, 0.15) is 0 Å². The summed E-state index contributed by atoms with van der Waals surface area (Å²) in [4.78, 5) is 13.6. The number of hydrogen-bond acceptors (Lipinski definition) is 3. The van der Waals surface area contributed by atoms with E-state index in [2.05, 4.69) is 24.3 Å². The van der Waals surface area contributed by atoms with Gasteiger partial charge in [0.2, 0.25) is 0 Å². The molecule has 1 aromatic carbocycles. The highest BCUT2D eigenvalue weighted by Crippen LogP contribution is 2.08. The SMILES string of the molecule is CC(Cc1ccccc1)[n+]1[nH]oc(=O)c1CN(C)C. The molecule has 1 unspecified atom stereocenters. The minimum Gasteiger partial charge on any atom is -0.299 e. The first kappa shape index (κ1) is 13.5. The Morgan fingerprint density at radius 1 is 1.32 bits per heavy atom. The smallest absolute Gasteiger partial charge is 0.299 e. The third-order valence-electron chi connectivity index (χ3n) is 3.04. The molecule has 0 amide bonds. The molecule has 2 rings (SSSR count). The summed E-state index contributed by atoms with van der Waals surface area (Å²) >= 11 is 0. The molecule has 0 bridgehead atoms. The number of nitrogens with zero attached hydrogens (tertiary/aromatic N) is 2. The van der Waals surface area contributed by atoms with Gasteiger partial charge in [0.25, 0.3) is 0 Å². The molecule has 0 saturated heterocycles. The van der Waals surface area contributed by atoms with Gasteiger partial charge in [-0.1, -0.05) is 35.0 Å². The van der Waals surface area contributed by atoms with Gasteiger partial charge in [0.15, 0.2) is 6.04 Å². The summed E-state index contributed by atoms with van der Waals surface area (Å²) in [5.74, 6) is 0. The first-order valence-electron chi connectivity index (χ1n) is 6.38. The van der Waals surface area contributed by atoms with Crippen molar-refractivity contribution in [1.29, 1.82) is 0 Å². The maximum Gasteiger partial charge on any atom is 0.431 e. The second-order valence-electron chi connectivity index (χ2n) is 5.07. The number of hydrogen-bond donors (Lipinski definition) is 1. The second kappa shape index (κ2) is 5.84. The van der Waals surface area contributed by atoms with Crippen molar-refractivity contribution < 1.29 is 9.20 Å². The highest BCUT2D eigenvalue weighted by Gasteiger charge is 2.26. The van der Waals surface area contributed by atoms with Crippen LogP contribution < -0.4 is 10.3 Å². The summed E-state index contributed by atoms with van der Waals surface area (Å²) in [7, 11) is 3.86. The van der Waals surface area contributed by atoms with Crippen molar-refractivity contribution in [2.45, 2.75) is 25.9 Å². The molecule has 0 aliphatic carbocycles. The Balaban J connectivity index is 2.19. The Morgan fingerprint density at radius 2 is 2.00 bits per heavy atom. The van der Waals surface area contributed by atoms with Crippen molar-refractivity contribution in [3.8, 4) is 0 Å². The van der Waals surface area contributed by atoms with E-state index in [0.29, 0.717) is 12.2 Å². The van der Waals surface area contributed by atoms with Crippen molar-refractivity contribution >= 4 is 0 Å². The van der Waals surface area contributed by atoms with Crippen molar-refractivity contribution in [3.63, 3.8) is 0 Å². The van der Waals surface area contributed by atoms with Gasteiger partial charge in [-0.25, -0.2) is 4.79 Å². The van der Waals surface area contributed by atoms with Gasteiger partial charge in [-0.05, 0) is 24.9 Å². The van der Waals surface area contributed by atoms with Gasteiger partial charge in [-0.15, -0.1) is 0 Å². The molecule has 0 spiro atoms.